The second-order valence-electron chi connectivity index (χ2n) is 6.21. The van der Waals surface area contributed by atoms with Crippen LogP contribution in [-0.4, -0.2) is 9.97 Å². The number of para-hydroxylation sites is 1. The molecule has 0 aliphatic heterocycles. The molecule has 0 spiro atoms. The molecular formula is C20H10Cl2N2O2. The Hall–Kier alpha value is -2.82. The van der Waals surface area contributed by atoms with Crippen molar-refractivity contribution in [2.24, 2.45) is 0 Å². The van der Waals surface area contributed by atoms with Crippen LogP contribution < -0.4 is 10.9 Å². The normalized spacial score (nSPS) is 11.8. The smallest absolute Gasteiger partial charge is 0.197 e. The number of halogens is 2. The van der Waals surface area contributed by atoms with Crippen LogP contribution in [0.2, 0.25) is 10.0 Å². The minimum atomic E-state index is -0.186. The third-order valence-electron chi connectivity index (χ3n) is 4.65. The van der Waals surface area contributed by atoms with Crippen LogP contribution in [0, 0.1) is 0 Å². The quantitative estimate of drug-likeness (QED) is 0.372. The van der Waals surface area contributed by atoms with Gasteiger partial charge in [-0.15, -0.1) is 0 Å². The van der Waals surface area contributed by atoms with Crippen molar-refractivity contribution < 1.29 is 0 Å². The van der Waals surface area contributed by atoms with E-state index in [0.29, 0.717) is 48.1 Å². The molecule has 0 atom stereocenters. The number of nitrogens with one attached hydrogen (secondary N) is 2. The summed E-state index contributed by atoms with van der Waals surface area (Å²) in [4.78, 5) is 32.2. The fraction of sp³-hybridized carbons (Fsp3) is 0. The summed E-state index contributed by atoms with van der Waals surface area (Å²) < 4.78 is 0. The molecule has 5 rings (SSSR count). The van der Waals surface area contributed by atoms with Crippen molar-refractivity contribution >= 4 is 66.8 Å². The molecule has 2 heterocycles. The van der Waals surface area contributed by atoms with Crippen molar-refractivity contribution in [1.82, 2.24) is 9.97 Å². The van der Waals surface area contributed by atoms with Gasteiger partial charge in [-0.2, -0.15) is 0 Å². The number of benzene rings is 3. The van der Waals surface area contributed by atoms with Gasteiger partial charge in [0.25, 0.3) is 0 Å². The van der Waals surface area contributed by atoms with Crippen LogP contribution in [0.3, 0.4) is 0 Å². The predicted molar refractivity (Wildman–Crippen MR) is 108 cm³/mol. The number of pyridine rings is 2. The standard InChI is InChI=1S/C20H10Cl2N2O2/c21-9-5-13-18(14(22)6-9)24-17-8-11-16(7-12(17)20(13)26)23-15-4-2-1-3-10(15)19(11)25/h1-8H,(H,23,25)(H,24,26). The molecule has 0 bridgehead atoms. The van der Waals surface area contributed by atoms with E-state index in [9.17, 15) is 9.59 Å². The number of rotatable bonds is 0. The average Bonchev–Trinajstić information content (AvgIpc) is 2.62. The Morgan fingerprint density at radius 3 is 2.08 bits per heavy atom. The van der Waals surface area contributed by atoms with Crippen molar-refractivity contribution in [2.75, 3.05) is 0 Å². The van der Waals surface area contributed by atoms with E-state index in [2.05, 4.69) is 9.97 Å². The van der Waals surface area contributed by atoms with E-state index in [4.69, 9.17) is 23.2 Å². The van der Waals surface area contributed by atoms with Crippen molar-refractivity contribution in [3.05, 3.63) is 79.0 Å². The minimum Gasteiger partial charge on any atom is -0.354 e. The summed E-state index contributed by atoms with van der Waals surface area (Å²) in [6.07, 6.45) is 0. The lowest BCUT2D eigenvalue weighted by atomic mass is 10.1. The van der Waals surface area contributed by atoms with Gasteiger partial charge in [0.2, 0.25) is 0 Å². The molecule has 3 aromatic carbocycles. The zero-order chi connectivity index (χ0) is 18.0. The predicted octanol–water partition coefficient (Wildman–Crippen LogP) is 4.98. The number of aromatic nitrogens is 2. The highest BCUT2D eigenvalue weighted by Crippen LogP contribution is 2.27. The number of hydrogen-bond acceptors (Lipinski definition) is 2. The molecule has 2 N–H and O–H groups in total. The summed E-state index contributed by atoms with van der Waals surface area (Å²) in [7, 11) is 0. The molecule has 2 aromatic heterocycles. The molecule has 0 saturated heterocycles. The van der Waals surface area contributed by atoms with Crippen molar-refractivity contribution in [3.8, 4) is 0 Å². The average molecular weight is 381 g/mol. The summed E-state index contributed by atoms with van der Waals surface area (Å²) >= 11 is 12.3. The first-order valence-electron chi connectivity index (χ1n) is 7.92. The van der Waals surface area contributed by atoms with E-state index in [0.717, 1.165) is 5.52 Å². The molecule has 5 aromatic rings. The molecule has 0 fully saturated rings. The van der Waals surface area contributed by atoms with Gasteiger partial charge in [-0.25, -0.2) is 0 Å². The summed E-state index contributed by atoms with van der Waals surface area (Å²) in [6.45, 7) is 0. The highest BCUT2D eigenvalue weighted by atomic mass is 35.5. The van der Waals surface area contributed by atoms with Crippen LogP contribution in [0.4, 0.5) is 0 Å². The van der Waals surface area contributed by atoms with Gasteiger partial charge >= 0.3 is 0 Å². The summed E-state index contributed by atoms with van der Waals surface area (Å²) in [5.41, 5.74) is 2.13. The molecule has 0 amide bonds. The maximum absolute atomic E-state index is 13.0. The van der Waals surface area contributed by atoms with Crippen LogP contribution in [-0.2, 0) is 0 Å². The van der Waals surface area contributed by atoms with Gasteiger partial charge in [0, 0.05) is 32.1 Å². The maximum Gasteiger partial charge on any atom is 0.197 e. The monoisotopic (exact) mass is 380 g/mol. The number of aromatic amines is 2. The van der Waals surface area contributed by atoms with Gasteiger partial charge < -0.3 is 9.97 Å². The first-order valence-corrected chi connectivity index (χ1v) is 8.68. The van der Waals surface area contributed by atoms with Crippen molar-refractivity contribution in [1.29, 1.82) is 0 Å². The molecule has 0 aliphatic rings. The van der Waals surface area contributed by atoms with Crippen LogP contribution >= 0.6 is 23.2 Å². The van der Waals surface area contributed by atoms with E-state index < -0.39 is 0 Å². The van der Waals surface area contributed by atoms with Crippen LogP contribution in [0.5, 0.6) is 0 Å². The third-order valence-corrected chi connectivity index (χ3v) is 5.16. The number of fused-ring (bicyclic) bond motifs is 4. The van der Waals surface area contributed by atoms with E-state index in [1.54, 1.807) is 30.3 Å². The lowest BCUT2D eigenvalue weighted by Gasteiger charge is -2.08. The third kappa shape index (κ3) is 2.09. The Balaban J connectivity index is 2.03. The summed E-state index contributed by atoms with van der Waals surface area (Å²) in [6, 6.07) is 13.9. The van der Waals surface area contributed by atoms with E-state index in [1.165, 1.54) is 0 Å². The maximum atomic E-state index is 13.0. The Bertz CT molecular complexity index is 1500. The first kappa shape index (κ1) is 15.4. The van der Waals surface area contributed by atoms with E-state index >= 15 is 0 Å². The van der Waals surface area contributed by atoms with Gasteiger partial charge in [0.15, 0.2) is 10.9 Å². The minimum absolute atomic E-state index is 0.0839. The summed E-state index contributed by atoms with van der Waals surface area (Å²) in [5, 5.41) is 2.75. The Morgan fingerprint density at radius 1 is 0.654 bits per heavy atom. The Kier molecular flexibility index (Phi) is 3.17. The summed E-state index contributed by atoms with van der Waals surface area (Å²) in [5.74, 6) is 0. The lowest BCUT2D eigenvalue weighted by molar-refractivity contribution is 1.46. The van der Waals surface area contributed by atoms with Gasteiger partial charge in [0.05, 0.1) is 21.6 Å². The Labute approximate surface area is 156 Å². The SMILES string of the molecule is O=c1c2ccccc2[nH]c2cc3c(=O)c4cc(Cl)cc(Cl)c4[nH]c3cc12. The van der Waals surface area contributed by atoms with Gasteiger partial charge in [-0.1, -0.05) is 35.3 Å². The zero-order valence-electron chi connectivity index (χ0n) is 13.2. The van der Waals surface area contributed by atoms with Gasteiger partial charge in [0.1, 0.15) is 0 Å². The number of H-pyrrole nitrogens is 2. The number of hydrogen-bond donors (Lipinski definition) is 2. The molecule has 126 valence electrons. The molecule has 26 heavy (non-hydrogen) atoms. The molecule has 6 heteroatoms. The fourth-order valence-electron chi connectivity index (χ4n) is 3.42. The van der Waals surface area contributed by atoms with Crippen molar-refractivity contribution in [3.63, 3.8) is 0 Å². The van der Waals surface area contributed by atoms with Gasteiger partial charge in [-0.3, -0.25) is 9.59 Å². The second kappa shape index (κ2) is 5.34. The second-order valence-corrected chi connectivity index (χ2v) is 7.05. The topological polar surface area (TPSA) is 65.7 Å². The molecule has 0 saturated carbocycles. The molecule has 4 nitrogen and oxygen atoms in total. The first-order chi connectivity index (χ1) is 12.5. The van der Waals surface area contributed by atoms with E-state index in [1.807, 2.05) is 18.2 Å². The van der Waals surface area contributed by atoms with E-state index in [-0.39, 0.29) is 10.9 Å². The molecule has 0 radical (unpaired) electrons. The molecule has 0 unspecified atom stereocenters. The largest absolute Gasteiger partial charge is 0.354 e. The van der Waals surface area contributed by atoms with Crippen LogP contribution in [0.1, 0.15) is 0 Å². The van der Waals surface area contributed by atoms with Crippen molar-refractivity contribution in [2.45, 2.75) is 0 Å². The fourth-order valence-corrected chi connectivity index (χ4v) is 3.96. The highest BCUT2D eigenvalue weighted by molar-refractivity contribution is 6.38. The highest BCUT2D eigenvalue weighted by Gasteiger charge is 2.12. The molecule has 0 aliphatic carbocycles. The lowest BCUT2D eigenvalue weighted by Crippen LogP contribution is -2.08. The molecular weight excluding hydrogens is 371 g/mol. The van der Waals surface area contributed by atoms with Gasteiger partial charge in [-0.05, 0) is 36.4 Å². The zero-order valence-corrected chi connectivity index (χ0v) is 14.7. The van der Waals surface area contributed by atoms with Crippen LogP contribution in [0.15, 0.2) is 58.1 Å². The van der Waals surface area contributed by atoms with Crippen LogP contribution in [0.25, 0.3) is 43.6 Å². The Morgan fingerprint density at radius 2 is 1.31 bits per heavy atom.